The molecular weight excluding hydrogens is 212 g/mol. The summed E-state index contributed by atoms with van der Waals surface area (Å²) >= 11 is 0. The summed E-state index contributed by atoms with van der Waals surface area (Å²) in [5, 5.41) is 7.95. The number of anilines is 1. The van der Waals surface area contributed by atoms with Crippen LogP contribution in [0.4, 0.5) is 5.69 Å². The molecule has 3 N–H and O–H groups in total. The van der Waals surface area contributed by atoms with Gasteiger partial charge in [0, 0.05) is 5.69 Å². The Kier molecular flexibility index (Phi) is 3.35. The van der Waals surface area contributed by atoms with Gasteiger partial charge in [-0.3, -0.25) is 0 Å². The summed E-state index contributed by atoms with van der Waals surface area (Å²) in [6, 6.07) is 5.99. The molecule has 0 aliphatic heterocycles. The van der Waals surface area contributed by atoms with Crippen molar-refractivity contribution in [2.24, 2.45) is 5.14 Å². The van der Waals surface area contributed by atoms with E-state index >= 15 is 0 Å². The van der Waals surface area contributed by atoms with Gasteiger partial charge in [0.05, 0.1) is 10.9 Å². The van der Waals surface area contributed by atoms with E-state index in [0.717, 1.165) is 5.69 Å². The van der Waals surface area contributed by atoms with Gasteiger partial charge >= 0.3 is 0 Å². The van der Waals surface area contributed by atoms with Crippen LogP contribution in [0.25, 0.3) is 0 Å². The maximum Gasteiger partial charge on any atom is 0.238 e. The fraction of sp³-hybridized carbons (Fsp3) is 0.200. The Morgan fingerprint density at radius 3 is 2.33 bits per heavy atom. The smallest absolute Gasteiger partial charge is 0.238 e. The molecule has 0 fully saturated rings. The van der Waals surface area contributed by atoms with E-state index in [4.69, 9.17) is 11.6 Å². The van der Waals surface area contributed by atoms with Crippen LogP contribution >= 0.6 is 0 Å². The number of terminal acetylenes is 1. The third-order valence-electron chi connectivity index (χ3n) is 1.82. The molecule has 0 heterocycles. The molecule has 0 radical (unpaired) electrons. The average molecular weight is 224 g/mol. The van der Waals surface area contributed by atoms with Crippen LogP contribution in [0.3, 0.4) is 0 Å². The van der Waals surface area contributed by atoms with Gasteiger partial charge in [-0.2, -0.15) is 0 Å². The highest BCUT2D eigenvalue weighted by Gasteiger charge is 2.06. The maximum atomic E-state index is 10.9. The van der Waals surface area contributed by atoms with Crippen molar-refractivity contribution in [3.8, 4) is 12.3 Å². The highest BCUT2D eigenvalue weighted by Crippen LogP contribution is 2.13. The Labute approximate surface area is 89.5 Å². The molecule has 15 heavy (non-hydrogen) atoms. The van der Waals surface area contributed by atoms with Crippen molar-refractivity contribution in [2.75, 3.05) is 5.32 Å². The highest BCUT2D eigenvalue weighted by atomic mass is 32.2. The van der Waals surface area contributed by atoms with Crippen molar-refractivity contribution in [1.29, 1.82) is 0 Å². The fourth-order valence-electron chi connectivity index (χ4n) is 1.03. The third kappa shape index (κ3) is 3.27. The standard InChI is InChI=1S/C10H12N2O2S/c1-3-8(2)12-9-4-6-10(7-5-9)15(11,13)14/h1,4-8,12H,2H3,(H2,11,13,14). The van der Waals surface area contributed by atoms with Crippen molar-refractivity contribution in [2.45, 2.75) is 17.9 Å². The van der Waals surface area contributed by atoms with Crippen LogP contribution < -0.4 is 10.5 Å². The zero-order valence-electron chi connectivity index (χ0n) is 8.27. The predicted molar refractivity (Wildman–Crippen MR) is 59.7 cm³/mol. The second kappa shape index (κ2) is 4.34. The molecule has 0 saturated heterocycles. The van der Waals surface area contributed by atoms with Gasteiger partial charge in [-0.15, -0.1) is 6.42 Å². The Hall–Kier alpha value is -1.51. The Bertz CT molecular complexity index is 471. The Balaban J connectivity index is 2.88. The molecule has 0 spiro atoms. The average Bonchev–Trinajstić information content (AvgIpc) is 2.17. The molecule has 4 nitrogen and oxygen atoms in total. The molecule has 1 atom stereocenters. The first kappa shape index (κ1) is 11.6. The number of nitrogens with one attached hydrogen (secondary N) is 1. The first-order valence-corrected chi connectivity index (χ1v) is 5.83. The topological polar surface area (TPSA) is 72.2 Å². The number of hydrogen-bond donors (Lipinski definition) is 2. The van der Waals surface area contributed by atoms with Crippen LogP contribution in [-0.2, 0) is 10.0 Å². The van der Waals surface area contributed by atoms with Gasteiger partial charge < -0.3 is 5.32 Å². The molecule has 1 aromatic carbocycles. The normalized spacial score (nSPS) is 12.9. The Morgan fingerprint density at radius 2 is 1.93 bits per heavy atom. The lowest BCUT2D eigenvalue weighted by Crippen LogP contribution is -2.13. The van der Waals surface area contributed by atoms with Gasteiger partial charge in [0.25, 0.3) is 0 Å². The molecule has 0 aliphatic carbocycles. The summed E-state index contributed by atoms with van der Waals surface area (Å²) in [7, 11) is -3.62. The lowest BCUT2D eigenvalue weighted by atomic mass is 10.3. The molecule has 0 bridgehead atoms. The number of rotatable bonds is 3. The van der Waals surface area contributed by atoms with Crippen LogP contribution in [0.15, 0.2) is 29.2 Å². The van der Waals surface area contributed by atoms with Crippen molar-refractivity contribution < 1.29 is 8.42 Å². The van der Waals surface area contributed by atoms with Gasteiger partial charge in [0.2, 0.25) is 10.0 Å². The van der Waals surface area contributed by atoms with E-state index in [1.807, 2.05) is 6.92 Å². The van der Waals surface area contributed by atoms with E-state index in [0.29, 0.717) is 0 Å². The van der Waals surface area contributed by atoms with E-state index in [-0.39, 0.29) is 10.9 Å². The summed E-state index contributed by atoms with van der Waals surface area (Å²) in [5.74, 6) is 2.50. The molecule has 1 rings (SSSR count). The summed E-state index contributed by atoms with van der Waals surface area (Å²) in [6.45, 7) is 1.83. The zero-order valence-corrected chi connectivity index (χ0v) is 9.08. The van der Waals surface area contributed by atoms with E-state index < -0.39 is 10.0 Å². The van der Waals surface area contributed by atoms with Crippen molar-refractivity contribution in [3.05, 3.63) is 24.3 Å². The molecule has 80 valence electrons. The van der Waals surface area contributed by atoms with Crippen LogP contribution in [0.5, 0.6) is 0 Å². The van der Waals surface area contributed by atoms with Crippen molar-refractivity contribution in [1.82, 2.24) is 0 Å². The van der Waals surface area contributed by atoms with Gasteiger partial charge in [-0.05, 0) is 31.2 Å². The van der Waals surface area contributed by atoms with E-state index in [2.05, 4.69) is 11.2 Å². The minimum Gasteiger partial charge on any atom is -0.372 e. The minimum atomic E-state index is -3.62. The quantitative estimate of drug-likeness (QED) is 0.745. The molecule has 0 amide bonds. The van der Waals surface area contributed by atoms with E-state index in [9.17, 15) is 8.42 Å². The predicted octanol–water partition coefficient (Wildman–Crippen LogP) is 0.768. The van der Waals surface area contributed by atoms with Gasteiger partial charge in [0.1, 0.15) is 0 Å². The van der Waals surface area contributed by atoms with E-state index in [1.165, 1.54) is 12.1 Å². The summed E-state index contributed by atoms with van der Waals surface area (Å²) < 4.78 is 21.9. The first-order chi connectivity index (χ1) is 6.93. The number of sulfonamides is 1. The highest BCUT2D eigenvalue weighted by molar-refractivity contribution is 7.89. The van der Waals surface area contributed by atoms with Gasteiger partial charge in [-0.25, -0.2) is 13.6 Å². The second-order valence-electron chi connectivity index (χ2n) is 3.10. The van der Waals surface area contributed by atoms with Gasteiger partial charge in [-0.1, -0.05) is 5.92 Å². The lowest BCUT2D eigenvalue weighted by molar-refractivity contribution is 0.598. The molecule has 1 aromatic rings. The van der Waals surface area contributed by atoms with Crippen LogP contribution in [0.1, 0.15) is 6.92 Å². The third-order valence-corrected chi connectivity index (χ3v) is 2.75. The van der Waals surface area contributed by atoms with Crippen LogP contribution in [0.2, 0.25) is 0 Å². The zero-order chi connectivity index (χ0) is 11.5. The maximum absolute atomic E-state index is 10.9. The summed E-state index contributed by atoms with van der Waals surface area (Å²) in [5.41, 5.74) is 0.757. The number of hydrogen-bond acceptors (Lipinski definition) is 3. The molecular formula is C10H12N2O2S. The molecule has 0 aliphatic rings. The second-order valence-corrected chi connectivity index (χ2v) is 4.66. The number of nitrogens with two attached hydrogens (primary N) is 1. The fourth-order valence-corrected chi connectivity index (χ4v) is 1.55. The van der Waals surface area contributed by atoms with Crippen LogP contribution in [-0.4, -0.2) is 14.5 Å². The first-order valence-electron chi connectivity index (χ1n) is 4.29. The van der Waals surface area contributed by atoms with E-state index in [1.54, 1.807) is 12.1 Å². The summed E-state index contributed by atoms with van der Waals surface area (Å²) in [6.07, 6.45) is 5.19. The van der Waals surface area contributed by atoms with Crippen molar-refractivity contribution in [3.63, 3.8) is 0 Å². The molecule has 0 saturated carbocycles. The molecule has 1 unspecified atom stereocenters. The van der Waals surface area contributed by atoms with Crippen LogP contribution in [0, 0.1) is 12.3 Å². The largest absolute Gasteiger partial charge is 0.372 e. The summed E-state index contributed by atoms with van der Waals surface area (Å²) in [4.78, 5) is 0.0846. The van der Waals surface area contributed by atoms with Crippen molar-refractivity contribution >= 4 is 15.7 Å². The monoisotopic (exact) mass is 224 g/mol. The molecule has 5 heteroatoms. The number of benzene rings is 1. The van der Waals surface area contributed by atoms with Gasteiger partial charge in [0.15, 0.2) is 0 Å². The Morgan fingerprint density at radius 1 is 1.40 bits per heavy atom. The number of primary sulfonamides is 1. The lowest BCUT2D eigenvalue weighted by Gasteiger charge is -2.09. The molecule has 0 aromatic heterocycles. The SMILES string of the molecule is C#CC(C)Nc1ccc(S(N)(=O)=O)cc1. The minimum absolute atomic E-state index is 0.0846.